The van der Waals surface area contributed by atoms with Crippen LogP contribution in [0.4, 0.5) is 10.5 Å². The number of hydrogen-bond donors (Lipinski definition) is 2. The number of carbonyl (C=O) groups excluding carboxylic acids is 2. The Morgan fingerprint density at radius 1 is 1.19 bits per heavy atom. The van der Waals surface area contributed by atoms with E-state index in [2.05, 4.69) is 10.6 Å². The molecule has 0 aliphatic rings. The molecule has 7 nitrogen and oxygen atoms in total. The number of rotatable bonds is 5. The van der Waals surface area contributed by atoms with Gasteiger partial charge in [-0.3, -0.25) is 10.1 Å². The number of ether oxygens (including phenoxy) is 1. The van der Waals surface area contributed by atoms with E-state index < -0.39 is 17.1 Å². The van der Waals surface area contributed by atoms with Crippen LogP contribution in [0.1, 0.15) is 33.3 Å². The van der Waals surface area contributed by atoms with Crippen molar-refractivity contribution in [3.63, 3.8) is 0 Å². The second-order valence-electron chi connectivity index (χ2n) is 6.90. The molecule has 0 unspecified atom stereocenters. The van der Waals surface area contributed by atoms with E-state index in [1.54, 1.807) is 25.1 Å². The Morgan fingerprint density at radius 3 is 2.58 bits per heavy atom. The fourth-order valence-electron chi connectivity index (χ4n) is 2.38. The normalized spacial score (nSPS) is 11.2. The van der Waals surface area contributed by atoms with Crippen molar-refractivity contribution >= 4 is 28.7 Å². The van der Waals surface area contributed by atoms with Crippen molar-refractivity contribution in [2.45, 2.75) is 34.1 Å². The molecule has 0 radical (unpaired) electrons. The fraction of sp³-hybridized carbons (Fsp3) is 0.421. The van der Waals surface area contributed by atoms with E-state index >= 15 is 0 Å². The van der Waals surface area contributed by atoms with Gasteiger partial charge in [0.2, 0.25) is 5.91 Å². The van der Waals surface area contributed by atoms with Gasteiger partial charge in [0.25, 0.3) is 0 Å². The maximum absolute atomic E-state index is 11.9. The number of carbonyl (C=O) groups is 2. The molecule has 2 rings (SSSR count). The highest BCUT2D eigenvalue weighted by Crippen LogP contribution is 2.22. The van der Waals surface area contributed by atoms with Crippen LogP contribution in [-0.4, -0.2) is 25.2 Å². The molecule has 2 N–H and O–H groups in total. The maximum atomic E-state index is 11.9. The summed E-state index contributed by atoms with van der Waals surface area (Å²) in [6.07, 6.45) is -0.0792. The SMILES string of the molecule is CCOC(=O)Nc1ccc2c(CCNC(=O)C(C)(C)C)cc(=O)oc2c1. The lowest BCUT2D eigenvalue weighted by molar-refractivity contribution is -0.128. The van der Waals surface area contributed by atoms with Gasteiger partial charge in [-0.1, -0.05) is 20.8 Å². The van der Waals surface area contributed by atoms with E-state index in [4.69, 9.17) is 9.15 Å². The van der Waals surface area contributed by atoms with Gasteiger partial charge in [0, 0.05) is 35.2 Å². The molecular formula is C19H24N2O5. The molecule has 140 valence electrons. The molecule has 0 aliphatic carbocycles. The third-order valence-electron chi connectivity index (χ3n) is 3.71. The van der Waals surface area contributed by atoms with Crippen LogP contribution in [-0.2, 0) is 16.0 Å². The summed E-state index contributed by atoms with van der Waals surface area (Å²) in [5.74, 6) is -0.0503. The van der Waals surface area contributed by atoms with Crippen molar-refractivity contribution in [1.29, 1.82) is 0 Å². The Kier molecular flexibility index (Phi) is 6.02. The first kappa shape index (κ1) is 19.5. The van der Waals surface area contributed by atoms with Crippen molar-refractivity contribution in [3.05, 3.63) is 40.2 Å². The summed E-state index contributed by atoms with van der Waals surface area (Å²) in [5, 5.41) is 6.18. The molecule has 1 aromatic heterocycles. The van der Waals surface area contributed by atoms with Crippen molar-refractivity contribution in [2.75, 3.05) is 18.5 Å². The molecule has 2 aromatic rings. The molecule has 0 saturated heterocycles. The van der Waals surface area contributed by atoms with Gasteiger partial charge in [0.15, 0.2) is 0 Å². The van der Waals surface area contributed by atoms with Crippen LogP contribution in [0, 0.1) is 5.41 Å². The van der Waals surface area contributed by atoms with E-state index in [0.717, 1.165) is 10.9 Å². The van der Waals surface area contributed by atoms with Crippen LogP contribution in [0.5, 0.6) is 0 Å². The molecule has 0 spiro atoms. The average Bonchev–Trinajstić information content (AvgIpc) is 2.53. The van der Waals surface area contributed by atoms with Crippen LogP contribution in [0.25, 0.3) is 11.0 Å². The molecule has 1 heterocycles. The summed E-state index contributed by atoms with van der Waals surface area (Å²) in [4.78, 5) is 35.3. The number of amides is 2. The number of anilines is 1. The van der Waals surface area contributed by atoms with Gasteiger partial charge in [0.1, 0.15) is 5.58 Å². The Labute approximate surface area is 151 Å². The summed E-state index contributed by atoms with van der Waals surface area (Å²) >= 11 is 0. The van der Waals surface area contributed by atoms with Crippen LogP contribution in [0.3, 0.4) is 0 Å². The monoisotopic (exact) mass is 360 g/mol. The number of benzene rings is 1. The molecule has 7 heteroatoms. The van der Waals surface area contributed by atoms with Crippen LogP contribution in [0.15, 0.2) is 33.5 Å². The zero-order valence-corrected chi connectivity index (χ0v) is 15.5. The van der Waals surface area contributed by atoms with Crippen LogP contribution in [0.2, 0.25) is 0 Å². The average molecular weight is 360 g/mol. The fourth-order valence-corrected chi connectivity index (χ4v) is 2.38. The molecule has 0 bridgehead atoms. The first-order valence-electron chi connectivity index (χ1n) is 8.49. The minimum Gasteiger partial charge on any atom is -0.450 e. The van der Waals surface area contributed by atoms with E-state index in [9.17, 15) is 14.4 Å². The summed E-state index contributed by atoms with van der Waals surface area (Å²) in [7, 11) is 0. The molecule has 0 aliphatic heterocycles. The van der Waals surface area contributed by atoms with Crippen molar-refractivity contribution in [3.8, 4) is 0 Å². The van der Waals surface area contributed by atoms with E-state index in [1.165, 1.54) is 6.07 Å². The van der Waals surface area contributed by atoms with E-state index in [0.29, 0.717) is 24.2 Å². The van der Waals surface area contributed by atoms with Crippen molar-refractivity contribution in [1.82, 2.24) is 5.32 Å². The van der Waals surface area contributed by atoms with Crippen molar-refractivity contribution in [2.24, 2.45) is 5.41 Å². The Morgan fingerprint density at radius 2 is 1.92 bits per heavy atom. The molecule has 26 heavy (non-hydrogen) atoms. The Hall–Kier alpha value is -2.83. The van der Waals surface area contributed by atoms with Gasteiger partial charge >= 0.3 is 11.7 Å². The predicted molar refractivity (Wildman–Crippen MR) is 99.3 cm³/mol. The summed E-state index contributed by atoms with van der Waals surface area (Å²) in [5.41, 5.74) is 0.656. The zero-order chi connectivity index (χ0) is 19.3. The Bertz CT molecular complexity index is 864. The smallest absolute Gasteiger partial charge is 0.411 e. The topological polar surface area (TPSA) is 97.6 Å². The second kappa shape index (κ2) is 8.03. The van der Waals surface area contributed by atoms with E-state index in [-0.39, 0.29) is 12.5 Å². The first-order chi connectivity index (χ1) is 12.2. The summed E-state index contributed by atoms with van der Waals surface area (Å²) in [6.45, 7) is 7.91. The highest BCUT2D eigenvalue weighted by Gasteiger charge is 2.20. The van der Waals surface area contributed by atoms with Crippen LogP contribution >= 0.6 is 0 Å². The van der Waals surface area contributed by atoms with Gasteiger partial charge in [-0.05, 0) is 31.0 Å². The standard InChI is InChI=1S/C19H24N2O5/c1-5-25-18(24)21-13-6-7-14-12(10-16(22)26-15(14)11-13)8-9-20-17(23)19(2,3)4/h6-7,10-11H,5,8-9H2,1-4H3,(H,20,23)(H,21,24). The first-order valence-corrected chi connectivity index (χ1v) is 8.49. The zero-order valence-electron chi connectivity index (χ0n) is 15.5. The summed E-state index contributed by atoms with van der Waals surface area (Å²) in [6, 6.07) is 6.46. The number of fused-ring (bicyclic) bond motifs is 1. The third kappa shape index (κ3) is 5.08. The lowest BCUT2D eigenvalue weighted by atomic mass is 9.95. The minimum atomic E-state index is -0.574. The quantitative estimate of drug-likeness (QED) is 0.799. The van der Waals surface area contributed by atoms with E-state index in [1.807, 2.05) is 20.8 Å². The third-order valence-corrected chi connectivity index (χ3v) is 3.71. The minimum absolute atomic E-state index is 0.0503. The number of hydrogen-bond acceptors (Lipinski definition) is 5. The lowest BCUT2D eigenvalue weighted by Crippen LogP contribution is -2.36. The van der Waals surface area contributed by atoms with Gasteiger partial charge in [0.05, 0.1) is 6.61 Å². The highest BCUT2D eigenvalue weighted by molar-refractivity contribution is 5.90. The van der Waals surface area contributed by atoms with Crippen molar-refractivity contribution < 1.29 is 18.7 Å². The second-order valence-corrected chi connectivity index (χ2v) is 6.90. The maximum Gasteiger partial charge on any atom is 0.411 e. The largest absolute Gasteiger partial charge is 0.450 e. The molecule has 0 atom stereocenters. The molecule has 2 amide bonds. The van der Waals surface area contributed by atoms with Gasteiger partial charge in [-0.25, -0.2) is 9.59 Å². The van der Waals surface area contributed by atoms with Gasteiger partial charge < -0.3 is 14.5 Å². The molecule has 0 fully saturated rings. The highest BCUT2D eigenvalue weighted by atomic mass is 16.5. The number of nitrogens with one attached hydrogen (secondary N) is 2. The van der Waals surface area contributed by atoms with Crippen LogP contribution < -0.4 is 16.3 Å². The lowest BCUT2D eigenvalue weighted by Gasteiger charge is -2.17. The summed E-state index contributed by atoms with van der Waals surface area (Å²) < 4.78 is 10.1. The molecular weight excluding hydrogens is 336 g/mol. The van der Waals surface area contributed by atoms with Gasteiger partial charge in [-0.2, -0.15) is 0 Å². The van der Waals surface area contributed by atoms with Gasteiger partial charge in [-0.15, -0.1) is 0 Å². The molecule has 0 saturated carbocycles. The molecule has 1 aromatic carbocycles. The Balaban J connectivity index is 2.18. The predicted octanol–water partition coefficient (Wildman–Crippen LogP) is 3.07.